The Morgan fingerprint density at radius 2 is 1.82 bits per heavy atom. The Morgan fingerprint density at radius 1 is 1.29 bits per heavy atom. The third-order valence-electron chi connectivity index (χ3n) is 2.67. The predicted octanol–water partition coefficient (Wildman–Crippen LogP) is 1.19. The number of sulfone groups is 1. The third kappa shape index (κ3) is 6.08. The van der Waals surface area contributed by atoms with Crippen LogP contribution in [0, 0.1) is 0 Å². The number of nitrogens with one attached hydrogen (secondary N) is 2. The van der Waals surface area contributed by atoms with Gasteiger partial charge in [-0.05, 0) is 46.7 Å². The van der Waals surface area contributed by atoms with Gasteiger partial charge in [-0.15, -0.1) is 0 Å². The zero-order valence-electron chi connectivity index (χ0n) is 11.2. The highest BCUT2D eigenvalue weighted by Crippen LogP contribution is 2.28. The molecule has 1 aliphatic heterocycles. The standard InChI is InChI=1S/C11H24N2O2S2/c1-10(2,3)16-13-11(9-17(4,14)15)5-7-12-8-6-11/h12-13H,5-9H2,1-4H3. The van der Waals surface area contributed by atoms with Gasteiger partial charge in [-0.1, -0.05) is 11.9 Å². The van der Waals surface area contributed by atoms with Gasteiger partial charge in [-0.25, -0.2) is 8.42 Å². The van der Waals surface area contributed by atoms with E-state index in [9.17, 15) is 8.42 Å². The summed E-state index contributed by atoms with van der Waals surface area (Å²) in [6.45, 7) is 8.14. The minimum absolute atomic E-state index is 0.0926. The van der Waals surface area contributed by atoms with Gasteiger partial charge < -0.3 is 5.32 Å². The Balaban J connectivity index is 2.72. The van der Waals surface area contributed by atoms with Crippen LogP contribution in [0.15, 0.2) is 0 Å². The molecule has 0 aromatic carbocycles. The smallest absolute Gasteiger partial charge is 0.149 e. The molecular weight excluding hydrogens is 256 g/mol. The van der Waals surface area contributed by atoms with Crippen LogP contribution < -0.4 is 10.0 Å². The van der Waals surface area contributed by atoms with Gasteiger partial charge >= 0.3 is 0 Å². The van der Waals surface area contributed by atoms with E-state index < -0.39 is 9.84 Å². The van der Waals surface area contributed by atoms with Crippen molar-refractivity contribution in [3.8, 4) is 0 Å². The fourth-order valence-corrected chi connectivity index (χ4v) is 4.20. The first-order valence-corrected chi connectivity index (χ1v) is 8.83. The maximum absolute atomic E-state index is 11.6. The van der Waals surface area contributed by atoms with E-state index in [-0.39, 0.29) is 16.0 Å². The lowest BCUT2D eigenvalue weighted by Gasteiger charge is -2.39. The van der Waals surface area contributed by atoms with E-state index in [2.05, 4.69) is 30.8 Å². The summed E-state index contributed by atoms with van der Waals surface area (Å²) in [6.07, 6.45) is 3.05. The first kappa shape index (κ1) is 15.3. The normalized spacial score (nSPS) is 21.4. The number of hydrogen-bond donors (Lipinski definition) is 2. The molecule has 1 fully saturated rings. The van der Waals surface area contributed by atoms with Crippen LogP contribution in [0.4, 0.5) is 0 Å². The molecule has 1 heterocycles. The van der Waals surface area contributed by atoms with E-state index in [1.54, 1.807) is 11.9 Å². The van der Waals surface area contributed by atoms with Crippen molar-refractivity contribution in [2.45, 2.75) is 43.9 Å². The molecule has 1 aliphatic rings. The molecule has 0 aromatic rings. The van der Waals surface area contributed by atoms with Crippen LogP contribution in [-0.2, 0) is 9.84 Å². The molecule has 0 unspecified atom stereocenters. The number of piperidine rings is 1. The van der Waals surface area contributed by atoms with Gasteiger partial charge in [0.25, 0.3) is 0 Å². The molecule has 102 valence electrons. The lowest BCUT2D eigenvalue weighted by Crippen LogP contribution is -2.54. The monoisotopic (exact) mass is 280 g/mol. The third-order valence-corrected chi connectivity index (χ3v) is 4.90. The molecule has 6 heteroatoms. The predicted molar refractivity (Wildman–Crippen MR) is 75.0 cm³/mol. The average molecular weight is 280 g/mol. The van der Waals surface area contributed by atoms with Crippen molar-refractivity contribution < 1.29 is 8.42 Å². The van der Waals surface area contributed by atoms with Gasteiger partial charge in [0.15, 0.2) is 0 Å². The van der Waals surface area contributed by atoms with Gasteiger partial charge in [0, 0.05) is 16.5 Å². The van der Waals surface area contributed by atoms with Crippen molar-refractivity contribution in [3.63, 3.8) is 0 Å². The van der Waals surface area contributed by atoms with Crippen LogP contribution in [-0.4, -0.2) is 43.8 Å². The molecule has 0 atom stereocenters. The van der Waals surface area contributed by atoms with Crippen LogP contribution in [0.5, 0.6) is 0 Å². The zero-order valence-corrected chi connectivity index (χ0v) is 12.8. The van der Waals surface area contributed by atoms with Gasteiger partial charge in [-0.2, -0.15) is 0 Å². The maximum Gasteiger partial charge on any atom is 0.149 e. The summed E-state index contributed by atoms with van der Waals surface area (Å²) in [5.74, 6) is 0.227. The van der Waals surface area contributed by atoms with Crippen molar-refractivity contribution in [1.82, 2.24) is 10.0 Å². The van der Waals surface area contributed by atoms with Gasteiger partial charge in [0.2, 0.25) is 0 Å². The molecule has 0 bridgehead atoms. The van der Waals surface area contributed by atoms with Crippen LogP contribution in [0.25, 0.3) is 0 Å². The molecule has 0 aliphatic carbocycles. The van der Waals surface area contributed by atoms with E-state index >= 15 is 0 Å². The first-order chi connectivity index (χ1) is 7.62. The van der Waals surface area contributed by atoms with E-state index in [4.69, 9.17) is 0 Å². The first-order valence-electron chi connectivity index (χ1n) is 5.96. The molecule has 0 spiro atoms. The molecule has 2 N–H and O–H groups in total. The van der Waals surface area contributed by atoms with E-state index in [1.165, 1.54) is 6.26 Å². The lowest BCUT2D eigenvalue weighted by molar-refractivity contribution is 0.317. The van der Waals surface area contributed by atoms with Crippen LogP contribution >= 0.6 is 11.9 Å². The molecule has 1 rings (SSSR count). The molecule has 0 radical (unpaired) electrons. The molecular formula is C11H24N2O2S2. The lowest BCUT2D eigenvalue weighted by atomic mass is 9.92. The van der Waals surface area contributed by atoms with Crippen LogP contribution in [0.1, 0.15) is 33.6 Å². The molecule has 0 saturated carbocycles. The summed E-state index contributed by atoms with van der Waals surface area (Å²) >= 11 is 1.64. The quantitative estimate of drug-likeness (QED) is 0.758. The van der Waals surface area contributed by atoms with Crippen molar-refractivity contribution in [3.05, 3.63) is 0 Å². The second kappa shape index (κ2) is 5.47. The van der Waals surface area contributed by atoms with Crippen molar-refractivity contribution in [2.24, 2.45) is 0 Å². The average Bonchev–Trinajstić information content (AvgIpc) is 2.13. The van der Waals surface area contributed by atoms with Crippen molar-refractivity contribution >= 4 is 21.8 Å². The van der Waals surface area contributed by atoms with E-state index in [0.717, 1.165) is 25.9 Å². The molecule has 0 amide bonds. The zero-order chi connectivity index (χ0) is 13.2. The number of rotatable bonds is 4. The maximum atomic E-state index is 11.6. The summed E-state index contributed by atoms with van der Waals surface area (Å²) in [7, 11) is -2.95. The summed E-state index contributed by atoms with van der Waals surface area (Å²) < 4.78 is 26.6. The van der Waals surface area contributed by atoms with Crippen LogP contribution in [0.2, 0.25) is 0 Å². The molecule has 1 saturated heterocycles. The Kier molecular flexibility index (Phi) is 4.91. The summed E-state index contributed by atoms with van der Waals surface area (Å²) in [4.78, 5) is 0. The van der Waals surface area contributed by atoms with E-state index in [0.29, 0.717) is 0 Å². The molecule has 0 aromatic heterocycles. The number of hydrogen-bond acceptors (Lipinski definition) is 5. The fraction of sp³-hybridized carbons (Fsp3) is 1.00. The second-order valence-electron chi connectivity index (χ2n) is 5.92. The van der Waals surface area contributed by atoms with Gasteiger partial charge in [-0.3, -0.25) is 4.72 Å². The Labute approximate surface area is 109 Å². The highest BCUT2D eigenvalue weighted by molar-refractivity contribution is 7.98. The molecule has 17 heavy (non-hydrogen) atoms. The summed E-state index contributed by atoms with van der Waals surface area (Å²) in [5.41, 5.74) is -0.267. The molecule has 4 nitrogen and oxygen atoms in total. The fourth-order valence-electron chi connectivity index (χ4n) is 1.94. The van der Waals surface area contributed by atoms with Gasteiger partial charge in [0.1, 0.15) is 9.84 Å². The Bertz CT molecular complexity index is 341. The van der Waals surface area contributed by atoms with Crippen molar-refractivity contribution in [2.75, 3.05) is 25.1 Å². The largest absolute Gasteiger partial charge is 0.317 e. The summed E-state index contributed by atoms with van der Waals surface area (Å²) in [6, 6.07) is 0. The highest BCUT2D eigenvalue weighted by Gasteiger charge is 2.36. The minimum Gasteiger partial charge on any atom is -0.317 e. The Hall–Kier alpha value is 0.220. The topological polar surface area (TPSA) is 58.2 Å². The minimum atomic E-state index is -2.95. The van der Waals surface area contributed by atoms with Crippen LogP contribution in [0.3, 0.4) is 0 Å². The summed E-state index contributed by atoms with van der Waals surface area (Å²) in [5, 5.41) is 3.28. The van der Waals surface area contributed by atoms with E-state index in [1.807, 2.05) is 0 Å². The second-order valence-corrected chi connectivity index (χ2v) is 9.69. The highest BCUT2D eigenvalue weighted by atomic mass is 32.2. The van der Waals surface area contributed by atoms with Gasteiger partial charge in [0.05, 0.1) is 5.75 Å². The Morgan fingerprint density at radius 3 is 2.24 bits per heavy atom. The SMILES string of the molecule is CC(C)(C)SNC1(CS(C)(=O)=O)CCNCC1. The van der Waals surface area contributed by atoms with Crippen molar-refractivity contribution in [1.29, 1.82) is 0 Å².